The Morgan fingerprint density at radius 3 is 2.67 bits per heavy atom. The summed E-state index contributed by atoms with van der Waals surface area (Å²) < 4.78 is 6.03. The monoisotopic (exact) mass is 315 g/mol. The Balaban J connectivity index is 2.81. The number of halogens is 1. The maximum absolute atomic E-state index is 9.84. The largest absolute Gasteiger partial charge is 0.503 e. The van der Waals surface area contributed by atoms with E-state index in [-0.39, 0.29) is 11.8 Å². The second-order valence-electron chi connectivity index (χ2n) is 4.38. The minimum absolute atomic E-state index is 0.00680. The third-order valence-corrected chi connectivity index (χ3v) is 3.50. The number of unbranched alkanes of at least 4 members (excludes halogenated alkanes) is 2. The zero-order valence-corrected chi connectivity index (χ0v) is 12.7. The second kappa shape index (κ2) is 7.64. The molecule has 0 fully saturated rings. The van der Waals surface area contributed by atoms with Crippen LogP contribution in [-0.4, -0.2) is 11.7 Å². The van der Waals surface area contributed by atoms with Gasteiger partial charge in [0.05, 0.1) is 11.1 Å². The fraction of sp³-hybridized carbons (Fsp3) is 0.571. The van der Waals surface area contributed by atoms with Gasteiger partial charge in [-0.05, 0) is 47.0 Å². The fourth-order valence-corrected chi connectivity index (χ4v) is 2.31. The zero-order valence-electron chi connectivity index (χ0n) is 11.1. The molecule has 0 bridgehead atoms. The number of phenols is 1. The molecule has 3 nitrogen and oxygen atoms in total. The summed E-state index contributed by atoms with van der Waals surface area (Å²) in [4.78, 5) is 0. The van der Waals surface area contributed by atoms with E-state index in [1.54, 1.807) is 0 Å². The molecule has 0 unspecified atom stereocenters. The molecule has 0 saturated heterocycles. The fourth-order valence-electron chi connectivity index (χ4n) is 1.85. The van der Waals surface area contributed by atoms with Crippen molar-refractivity contribution in [3.63, 3.8) is 0 Å². The summed E-state index contributed by atoms with van der Waals surface area (Å²) in [5.41, 5.74) is 7.16. The molecule has 1 aromatic rings. The molecule has 0 aliphatic heterocycles. The molecule has 1 rings (SSSR count). The van der Waals surface area contributed by atoms with E-state index in [1.165, 1.54) is 12.8 Å². The van der Waals surface area contributed by atoms with Gasteiger partial charge in [0, 0.05) is 6.04 Å². The average molecular weight is 316 g/mol. The molecule has 18 heavy (non-hydrogen) atoms. The SMILES string of the molecule is CCCCC[C@@H](N)c1cc(Br)c(O)c(OCC)c1. The lowest BCUT2D eigenvalue weighted by molar-refractivity contribution is 0.316. The number of benzene rings is 1. The number of hydrogen-bond donors (Lipinski definition) is 2. The molecule has 0 radical (unpaired) electrons. The van der Waals surface area contributed by atoms with Crippen LogP contribution in [0.2, 0.25) is 0 Å². The highest BCUT2D eigenvalue weighted by molar-refractivity contribution is 9.10. The van der Waals surface area contributed by atoms with Gasteiger partial charge in [-0.2, -0.15) is 0 Å². The summed E-state index contributed by atoms with van der Waals surface area (Å²) in [5.74, 6) is 0.633. The van der Waals surface area contributed by atoms with Crippen molar-refractivity contribution in [2.24, 2.45) is 5.73 Å². The maximum atomic E-state index is 9.84. The molecule has 0 saturated carbocycles. The Morgan fingerprint density at radius 1 is 1.33 bits per heavy atom. The summed E-state index contributed by atoms with van der Waals surface area (Å²) in [7, 11) is 0. The quantitative estimate of drug-likeness (QED) is 0.744. The van der Waals surface area contributed by atoms with Gasteiger partial charge < -0.3 is 15.6 Å². The van der Waals surface area contributed by atoms with Crippen molar-refractivity contribution in [2.45, 2.75) is 45.6 Å². The van der Waals surface area contributed by atoms with Gasteiger partial charge in [0.15, 0.2) is 11.5 Å². The average Bonchev–Trinajstić information content (AvgIpc) is 2.35. The number of hydrogen-bond acceptors (Lipinski definition) is 3. The van der Waals surface area contributed by atoms with Gasteiger partial charge in [-0.1, -0.05) is 26.2 Å². The summed E-state index contributed by atoms with van der Waals surface area (Å²) in [6.45, 7) is 4.59. The van der Waals surface area contributed by atoms with Gasteiger partial charge in [0.1, 0.15) is 0 Å². The van der Waals surface area contributed by atoms with Crippen LogP contribution in [-0.2, 0) is 0 Å². The van der Waals surface area contributed by atoms with Crippen LogP contribution in [0.15, 0.2) is 16.6 Å². The van der Waals surface area contributed by atoms with Crippen LogP contribution in [0.5, 0.6) is 11.5 Å². The smallest absolute Gasteiger partial charge is 0.172 e. The van der Waals surface area contributed by atoms with E-state index in [0.717, 1.165) is 18.4 Å². The summed E-state index contributed by atoms with van der Waals surface area (Å²) >= 11 is 3.33. The van der Waals surface area contributed by atoms with Crippen LogP contribution in [0.4, 0.5) is 0 Å². The minimum Gasteiger partial charge on any atom is -0.503 e. The number of aromatic hydroxyl groups is 1. The Bertz CT molecular complexity index is 382. The highest BCUT2D eigenvalue weighted by atomic mass is 79.9. The lowest BCUT2D eigenvalue weighted by Gasteiger charge is -2.15. The molecule has 102 valence electrons. The first-order valence-electron chi connectivity index (χ1n) is 6.50. The molecule has 0 amide bonds. The predicted molar refractivity (Wildman–Crippen MR) is 78.0 cm³/mol. The maximum Gasteiger partial charge on any atom is 0.172 e. The van der Waals surface area contributed by atoms with E-state index in [9.17, 15) is 5.11 Å². The van der Waals surface area contributed by atoms with Gasteiger partial charge in [-0.25, -0.2) is 0 Å². The van der Waals surface area contributed by atoms with Crippen LogP contribution < -0.4 is 10.5 Å². The third-order valence-electron chi connectivity index (χ3n) is 2.90. The normalized spacial score (nSPS) is 12.4. The lowest BCUT2D eigenvalue weighted by Crippen LogP contribution is -2.10. The van der Waals surface area contributed by atoms with Crippen LogP contribution in [0, 0.1) is 0 Å². The minimum atomic E-state index is -0.00680. The Kier molecular flexibility index (Phi) is 6.50. The van der Waals surface area contributed by atoms with E-state index in [2.05, 4.69) is 22.9 Å². The summed E-state index contributed by atoms with van der Waals surface area (Å²) in [6, 6.07) is 3.70. The first-order valence-corrected chi connectivity index (χ1v) is 7.30. The van der Waals surface area contributed by atoms with Crippen LogP contribution in [0.1, 0.15) is 51.1 Å². The Hall–Kier alpha value is -0.740. The van der Waals surface area contributed by atoms with Crippen molar-refractivity contribution in [3.8, 4) is 11.5 Å². The van der Waals surface area contributed by atoms with E-state index in [1.807, 2.05) is 19.1 Å². The molecule has 0 aliphatic carbocycles. The molecule has 0 aliphatic rings. The van der Waals surface area contributed by atoms with Crippen molar-refractivity contribution < 1.29 is 9.84 Å². The predicted octanol–water partition coefficient (Wildman–Crippen LogP) is 4.13. The van der Waals surface area contributed by atoms with Gasteiger partial charge >= 0.3 is 0 Å². The van der Waals surface area contributed by atoms with Crippen molar-refractivity contribution in [1.29, 1.82) is 0 Å². The number of ether oxygens (including phenoxy) is 1. The molecule has 3 N–H and O–H groups in total. The van der Waals surface area contributed by atoms with Gasteiger partial charge in [0.2, 0.25) is 0 Å². The third kappa shape index (κ3) is 4.18. The van der Waals surface area contributed by atoms with Crippen LogP contribution in [0.3, 0.4) is 0 Å². The van der Waals surface area contributed by atoms with Crippen molar-refractivity contribution in [2.75, 3.05) is 6.61 Å². The molecular weight excluding hydrogens is 294 g/mol. The number of rotatable bonds is 7. The van der Waals surface area contributed by atoms with E-state index in [0.29, 0.717) is 16.8 Å². The molecular formula is C14H22BrNO2. The molecule has 1 atom stereocenters. The number of nitrogens with two attached hydrogens (primary N) is 1. The summed E-state index contributed by atoms with van der Waals surface area (Å²) in [5, 5.41) is 9.84. The standard InChI is InChI=1S/C14H22BrNO2/c1-3-5-6-7-12(16)10-8-11(15)14(17)13(9-10)18-4-2/h8-9,12,17H,3-7,16H2,1-2H3/t12-/m1/s1. The van der Waals surface area contributed by atoms with Gasteiger partial charge in [0.25, 0.3) is 0 Å². The van der Waals surface area contributed by atoms with Gasteiger partial charge in [-0.15, -0.1) is 0 Å². The van der Waals surface area contributed by atoms with Crippen molar-refractivity contribution in [3.05, 3.63) is 22.2 Å². The molecule has 0 spiro atoms. The molecule has 0 aromatic heterocycles. The topological polar surface area (TPSA) is 55.5 Å². The van der Waals surface area contributed by atoms with Crippen molar-refractivity contribution >= 4 is 15.9 Å². The zero-order chi connectivity index (χ0) is 13.5. The highest BCUT2D eigenvalue weighted by Gasteiger charge is 2.13. The molecule has 1 aromatic carbocycles. The van der Waals surface area contributed by atoms with Crippen LogP contribution >= 0.6 is 15.9 Å². The first kappa shape index (κ1) is 15.3. The van der Waals surface area contributed by atoms with Crippen molar-refractivity contribution in [1.82, 2.24) is 0 Å². The summed E-state index contributed by atoms with van der Waals surface area (Å²) in [6.07, 6.45) is 4.47. The lowest BCUT2D eigenvalue weighted by atomic mass is 10.0. The van der Waals surface area contributed by atoms with Gasteiger partial charge in [-0.3, -0.25) is 0 Å². The molecule has 4 heteroatoms. The second-order valence-corrected chi connectivity index (χ2v) is 5.24. The highest BCUT2D eigenvalue weighted by Crippen LogP contribution is 2.37. The van der Waals surface area contributed by atoms with E-state index >= 15 is 0 Å². The molecule has 0 heterocycles. The van der Waals surface area contributed by atoms with E-state index < -0.39 is 0 Å². The Labute approximate surface area is 117 Å². The Morgan fingerprint density at radius 2 is 2.06 bits per heavy atom. The van der Waals surface area contributed by atoms with Crippen LogP contribution in [0.25, 0.3) is 0 Å². The van der Waals surface area contributed by atoms with E-state index in [4.69, 9.17) is 10.5 Å². The number of phenolic OH excluding ortho intramolecular Hbond substituents is 1. The first-order chi connectivity index (χ1) is 8.60.